The number of hydrogen-bond acceptors (Lipinski definition) is 4. The van der Waals surface area contributed by atoms with Crippen molar-refractivity contribution in [2.24, 2.45) is 4.99 Å². The van der Waals surface area contributed by atoms with E-state index in [1.807, 2.05) is 32.0 Å². The van der Waals surface area contributed by atoms with Crippen LogP contribution in [-0.4, -0.2) is 35.0 Å². The number of rotatable bonds is 4. The third-order valence-electron chi connectivity index (χ3n) is 5.54. The Morgan fingerprint density at radius 2 is 1.83 bits per heavy atom. The molecule has 0 saturated carbocycles. The second kappa shape index (κ2) is 6.61. The monoisotopic (exact) mass is 393 g/mol. The quantitative estimate of drug-likeness (QED) is 0.845. The summed E-state index contributed by atoms with van der Waals surface area (Å²) in [6, 6.07) is 10.1. The average Bonchev–Trinajstić information content (AvgIpc) is 2.95. The van der Waals surface area contributed by atoms with Crippen molar-refractivity contribution in [1.29, 1.82) is 0 Å². The van der Waals surface area contributed by atoms with Gasteiger partial charge in [0.05, 0.1) is 24.8 Å². The molecule has 2 heterocycles. The van der Waals surface area contributed by atoms with E-state index in [0.29, 0.717) is 23.5 Å². The van der Waals surface area contributed by atoms with Crippen LogP contribution in [0.5, 0.6) is 11.5 Å². The molecule has 29 heavy (non-hydrogen) atoms. The van der Waals surface area contributed by atoms with E-state index in [1.165, 1.54) is 0 Å². The number of carbonyl (C=O) groups is 1. The standard InChI is InChI=1S/C24H27NO4/c1-23(2)12-16-15(11-18(26)27)21(28-5)22-17(13-24(3,4)29-22)19(16)20(25-23)14-9-7-6-8-10-14/h6-10H,11-13H2,1-5H3,(H,26,27). The Balaban J connectivity index is 2.08. The summed E-state index contributed by atoms with van der Waals surface area (Å²) in [5.41, 5.74) is 5.00. The first kappa shape index (κ1) is 19.5. The van der Waals surface area contributed by atoms with Gasteiger partial charge in [-0.15, -0.1) is 0 Å². The van der Waals surface area contributed by atoms with Gasteiger partial charge in [-0.25, -0.2) is 0 Å². The Bertz CT molecular complexity index is 1020. The van der Waals surface area contributed by atoms with E-state index >= 15 is 0 Å². The maximum atomic E-state index is 11.7. The number of nitrogens with zero attached hydrogens (tertiary/aromatic N) is 1. The molecule has 0 atom stereocenters. The number of aliphatic carboxylic acids is 1. The van der Waals surface area contributed by atoms with Crippen LogP contribution in [0.3, 0.4) is 0 Å². The van der Waals surface area contributed by atoms with Gasteiger partial charge in [0.1, 0.15) is 5.60 Å². The van der Waals surface area contributed by atoms with Gasteiger partial charge in [0.15, 0.2) is 11.5 Å². The summed E-state index contributed by atoms with van der Waals surface area (Å²) in [6.07, 6.45) is 1.27. The molecule has 4 rings (SSSR count). The van der Waals surface area contributed by atoms with Crippen LogP contribution in [0, 0.1) is 0 Å². The van der Waals surface area contributed by atoms with E-state index < -0.39 is 5.97 Å². The Morgan fingerprint density at radius 1 is 1.14 bits per heavy atom. The molecule has 0 aromatic heterocycles. The zero-order valence-corrected chi connectivity index (χ0v) is 17.6. The topological polar surface area (TPSA) is 68.1 Å². The van der Waals surface area contributed by atoms with Crippen LogP contribution in [0.15, 0.2) is 35.3 Å². The molecule has 1 N–H and O–H groups in total. The lowest BCUT2D eigenvalue weighted by Gasteiger charge is -2.33. The van der Waals surface area contributed by atoms with Crippen LogP contribution in [0.25, 0.3) is 0 Å². The summed E-state index contributed by atoms with van der Waals surface area (Å²) < 4.78 is 12.0. The summed E-state index contributed by atoms with van der Waals surface area (Å²) in [5, 5.41) is 9.63. The second-order valence-electron chi connectivity index (χ2n) is 9.10. The van der Waals surface area contributed by atoms with Gasteiger partial charge in [0.2, 0.25) is 0 Å². The molecule has 0 saturated heterocycles. The van der Waals surface area contributed by atoms with E-state index in [4.69, 9.17) is 14.5 Å². The highest BCUT2D eigenvalue weighted by Gasteiger charge is 2.42. The molecule has 0 unspecified atom stereocenters. The van der Waals surface area contributed by atoms with E-state index in [0.717, 1.165) is 34.4 Å². The highest BCUT2D eigenvalue weighted by molar-refractivity contribution is 6.16. The Kier molecular flexibility index (Phi) is 4.45. The Morgan fingerprint density at radius 3 is 2.45 bits per heavy atom. The fourth-order valence-corrected chi connectivity index (χ4v) is 4.54. The fourth-order valence-electron chi connectivity index (χ4n) is 4.54. The van der Waals surface area contributed by atoms with Crippen molar-refractivity contribution in [1.82, 2.24) is 0 Å². The molecule has 0 fully saturated rings. The van der Waals surface area contributed by atoms with Crippen molar-refractivity contribution >= 4 is 11.7 Å². The molecule has 2 aromatic rings. The van der Waals surface area contributed by atoms with Gasteiger partial charge in [-0.2, -0.15) is 0 Å². The van der Waals surface area contributed by atoms with Crippen molar-refractivity contribution in [2.75, 3.05) is 7.11 Å². The summed E-state index contributed by atoms with van der Waals surface area (Å²) in [4.78, 5) is 16.8. The van der Waals surface area contributed by atoms with E-state index in [1.54, 1.807) is 7.11 Å². The molecule has 152 valence electrons. The predicted molar refractivity (Wildman–Crippen MR) is 113 cm³/mol. The minimum absolute atomic E-state index is 0.110. The smallest absolute Gasteiger partial charge is 0.307 e. The number of hydrogen-bond donors (Lipinski definition) is 1. The third kappa shape index (κ3) is 3.39. The van der Waals surface area contributed by atoms with Gasteiger partial charge in [0.25, 0.3) is 0 Å². The second-order valence-corrected chi connectivity index (χ2v) is 9.10. The zero-order valence-electron chi connectivity index (χ0n) is 17.6. The van der Waals surface area contributed by atoms with Crippen LogP contribution in [-0.2, 0) is 24.1 Å². The van der Waals surface area contributed by atoms with Crippen molar-refractivity contribution < 1.29 is 19.4 Å². The van der Waals surface area contributed by atoms with Crippen LogP contribution in [0.4, 0.5) is 0 Å². The first-order valence-electron chi connectivity index (χ1n) is 9.93. The van der Waals surface area contributed by atoms with Gasteiger partial charge < -0.3 is 14.6 Å². The molecule has 0 aliphatic carbocycles. The number of fused-ring (bicyclic) bond motifs is 3. The summed E-state index contributed by atoms with van der Waals surface area (Å²) in [5.74, 6) is 0.331. The normalized spacial score (nSPS) is 18.3. The van der Waals surface area contributed by atoms with E-state index in [-0.39, 0.29) is 17.6 Å². The summed E-state index contributed by atoms with van der Waals surface area (Å²) in [7, 11) is 1.59. The lowest BCUT2D eigenvalue weighted by molar-refractivity contribution is -0.136. The average molecular weight is 393 g/mol. The molecule has 0 spiro atoms. The number of aliphatic imine (C=N–C) groups is 1. The molecule has 0 bridgehead atoms. The lowest BCUT2D eigenvalue weighted by atomic mass is 9.78. The third-order valence-corrected chi connectivity index (χ3v) is 5.54. The number of carboxylic acids is 1. The maximum Gasteiger partial charge on any atom is 0.307 e. The highest BCUT2D eigenvalue weighted by atomic mass is 16.5. The minimum atomic E-state index is -0.885. The Labute approximate surface area is 171 Å². The van der Waals surface area contributed by atoms with Gasteiger partial charge in [-0.05, 0) is 39.7 Å². The first-order valence-corrected chi connectivity index (χ1v) is 9.93. The van der Waals surface area contributed by atoms with Gasteiger partial charge in [0, 0.05) is 28.7 Å². The van der Waals surface area contributed by atoms with Crippen LogP contribution in [0.1, 0.15) is 55.5 Å². The molecule has 2 aromatic carbocycles. The largest absolute Gasteiger partial charge is 0.493 e. The predicted octanol–water partition coefficient (Wildman–Crippen LogP) is 4.21. The van der Waals surface area contributed by atoms with Crippen molar-refractivity contribution in [2.45, 2.75) is 58.1 Å². The van der Waals surface area contributed by atoms with Crippen LogP contribution in [0.2, 0.25) is 0 Å². The zero-order chi connectivity index (χ0) is 21.0. The van der Waals surface area contributed by atoms with E-state index in [2.05, 4.69) is 26.0 Å². The van der Waals surface area contributed by atoms with Gasteiger partial charge in [-0.3, -0.25) is 9.79 Å². The van der Waals surface area contributed by atoms with Crippen LogP contribution >= 0.6 is 0 Å². The molecule has 2 aliphatic rings. The molecular formula is C24H27NO4. The van der Waals surface area contributed by atoms with Crippen molar-refractivity contribution in [3.8, 4) is 11.5 Å². The van der Waals surface area contributed by atoms with Crippen molar-refractivity contribution in [3.05, 3.63) is 58.1 Å². The van der Waals surface area contributed by atoms with Gasteiger partial charge in [-0.1, -0.05) is 30.3 Å². The SMILES string of the molecule is COc1c(CC(=O)O)c2c(c3c1OC(C)(C)C3)C(c1ccccc1)=NC(C)(C)C2. The summed E-state index contributed by atoms with van der Waals surface area (Å²) in [6.45, 7) is 8.26. The molecule has 2 aliphatic heterocycles. The fraction of sp³-hybridized carbons (Fsp3) is 0.417. The molecular weight excluding hydrogens is 366 g/mol. The van der Waals surface area contributed by atoms with Gasteiger partial charge >= 0.3 is 5.97 Å². The highest BCUT2D eigenvalue weighted by Crippen LogP contribution is 2.50. The summed E-state index contributed by atoms with van der Waals surface area (Å²) >= 11 is 0. The number of methoxy groups -OCH3 is 1. The lowest BCUT2D eigenvalue weighted by Crippen LogP contribution is -2.32. The molecule has 0 amide bonds. The van der Waals surface area contributed by atoms with Crippen LogP contribution < -0.4 is 9.47 Å². The maximum absolute atomic E-state index is 11.7. The number of ether oxygens (including phenoxy) is 2. The molecule has 0 radical (unpaired) electrons. The van der Waals surface area contributed by atoms with E-state index in [9.17, 15) is 9.90 Å². The first-order chi connectivity index (χ1) is 13.6. The number of benzene rings is 2. The Hall–Kier alpha value is -2.82. The molecule has 5 heteroatoms. The minimum Gasteiger partial charge on any atom is -0.493 e. The number of carboxylic acid groups (broad SMARTS) is 1. The molecule has 5 nitrogen and oxygen atoms in total. The van der Waals surface area contributed by atoms with Crippen molar-refractivity contribution in [3.63, 3.8) is 0 Å².